The molecule has 0 radical (unpaired) electrons. The summed E-state index contributed by atoms with van der Waals surface area (Å²) in [4.78, 5) is 18.7. The molecule has 9 heteroatoms. The highest BCUT2D eigenvalue weighted by molar-refractivity contribution is 7.89. The Balaban J connectivity index is 1.48. The number of carbonyl (C=O) groups excluding carboxylic acids is 1. The zero-order valence-electron chi connectivity index (χ0n) is 15.7. The largest absolute Gasteiger partial charge is 0.339 e. The van der Waals surface area contributed by atoms with Gasteiger partial charge in [-0.05, 0) is 49.9 Å². The van der Waals surface area contributed by atoms with Gasteiger partial charge in [0.05, 0.1) is 4.90 Å². The van der Waals surface area contributed by atoms with E-state index in [0.717, 1.165) is 12.8 Å². The van der Waals surface area contributed by atoms with Crippen molar-refractivity contribution in [1.82, 2.24) is 14.2 Å². The monoisotopic (exact) mass is 453 g/mol. The molecular weight excluding hydrogens is 433 g/mol. The molecule has 29 heavy (non-hydrogen) atoms. The molecule has 0 bridgehead atoms. The van der Waals surface area contributed by atoms with E-state index in [1.54, 1.807) is 33.5 Å². The van der Waals surface area contributed by atoms with Crippen molar-refractivity contribution >= 4 is 39.1 Å². The van der Waals surface area contributed by atoms with Gasteiger partial charge in [-0.2, -0.15) is 4.31 Å². The fourth-order valence-corrected chi connectivity index (χ4v) is 6.24. The predicted molar refractivity (Wildman–Crippen MR) is 112 cm³/mol. The second-order valence-corrected chi connectivity index (χ2v) is 10.0. The fourth-order valence-electron chi connectivity index (χ4n) is 3.83. The number of piperidine rings is 1. The average molecular weight is 454 g/mol. The summed E-state index contributed by atoms with van der Waals surface area (Å²) in [6.07, 6.45) is 2.97. The van der Waals surface area contributed by atoms with Crippen LogP contribution in [0, 0.1) is 0 Å². The zero-order chi connectivity index (χ0) is 20.6. The van der Waals surface area contributed by atoms with Crippen molar-refractivity contribution in [3.63, 3.8) is 0 Å². The molecule has 1 amide bonds. The minimum absolute atomic E-state index is 0.0604. The molecular formula is C20H21Cl2N3O3S. The summed E-state index contributed by atoms with van der Waals surface area (Å²) in [5.74, 6) is -0.168. The second kappa shape index (κ2) is 8.22. The summed E-state index contributed by atoms with van der Waals surface area (Å²) in [5.41, 5.74) is 0.393. The highest BCUT2D eigenvalue weighted by Crippen LogP contribution is 2.36. The summed E-state index contributed by atoms with van der Waals surface area (Å²) >= 11 is 11.8. The molecule has 1 aromatic heterocycles. The number of rotatable bonds is 5. The van der Waals surface area contributed by atoms with Gasteiger partial charge in [0.1, 0.15) is 10.3 Å². The number of hydrogen-bond donors (Lipinski definition) is 0. The van der Waals surface area contributed by atoms with Crippen molar-refractivity contribution in [2.45, 2.75) is 42.7 Å². The highest BCUT2D eigenvalue weighted by Gasteiger charge is 2.43. The number of sulfonamides is 1. The van der Waals surface area contributed by atoms with Gasteiger partial charge in [-0.15, -0.1) is 0 Å². The van der Waals surface area contributed by atoms with Crippen LogP contribution in [0.5, 0.6) is 0 Å². The van der Waals surface area contributed by atoms with Gasteiger partial charge in [-0.1, -0.05) is 41.4 Å². The lowest BCUT2D eigenvalue weighted by molar-refractivity contribution is 0.0676. The van der Waals surface area contributed by atoms with Crippen molar-refractivity contribution in [3.8, 4) is 0 Å². The Morgan fingerprint density at radius 2 is 1.52 bits per heavy atom. The van der Waals surface area contributed by atoms with Crippen molar-refractivity contribution in [2.24, 2.45) is 0 Å². The quantitative estimate of drug-likeness (QED) is 0.644. The van der Waals surface area contributed by atoms with Crippen LogP contribution in [0.25, 0.3) is 0 Å². The number of likely N-dealkylation sites (tertiary alicyclic amines) is 1. The number of aromatic nitrogens is 1. The van der Waals surface area contributed by atoms with Gasteiger partial charge in [0.25, 0.3) is 5.91 Å². The molecule has 0 N–H and O–H groups in total. The van der Waals surface area contributed by atoms with E-state index in [-0.39, 0.29) is 28.3 Å². The maximum absolute atomic E-state index is 13.2. The van der Waals surface area contributed by atoms with Crippen LogP contribution in [0.3, 0.4) is 0 Å². The number of carbonyl (C=O) groups is 1. The molecule has 1 aliphatic carbocycles. The molecule has 4 rings (SSSR count). The summed E-state index contributed by atoms with van der Waals surface area (Å²) in [6, 6.07) is 11.5. The number of nitrogens with zero attached hydrogens (tertiary/aromatic N) is 3. The van der Waals surface area contributed by atoms with Crippen molar-refractivity contribution in [3.05, 3.63) is 58.3 Å². The third-order valence-electron chi connectivity index (χ3n) is 5.35. The minimum Gasteiger partial charge on any atom is -0.339 e. The van der Waals surface area contributed by atoms with E-state index in [0.29, 0.717) is 36.4 Å². The van der Waals surface area contributed by atoms with Gasteiger partial charge in [0.15, 0.2) is 0 Å². The van der Waals surface area contributed by atoms with Crippen LogP contribution in [-0.4, -0.2) is 53.7 Å². The fraction of sp³-hybridized carbons (Fsp3) is 0.400. The molecule has 1 aliphatic heterocycles. The Morgan fingerprint density at radius 1 is 0.966 bits per heavy atom. The third-order valence-corrected chi connectivity index (χ3v) is 7.75. The normalized spacial score (nSPS) is 18.2. The van der Waals surface area contributed by atoms with Crippen molar-refractivity contribution in [2.75, 3.05) is 13.1 Å². The van der Waals surface area contributed by atoms with E-state index in [1.165, 1.54) is 12.1 Å². The van der Waals surface area contributed by atoms with Crippen LogP contribution in [-0.2, 0) is 10.0 Å². The first-order chi connectivity index (χ1) is 13.9. The van der Waals surface area contributed by atoms with E-state index in [9.17, 15) is 13.2 Å². The lowest BCUT2D eigenvalue weighted by atomic mass is 10.0. The molecule has 1 aromatic carbocycles. The molecule has 0 spiro atoms. The molecule has 0 unspecified atom stereocenters. The van der Waals surface area contributed by atoms with Crippen LogP contribution in [0.4, 0.5) is 0 Å². The molecule has 2 aromatic rings. The lowest BCUT2D eigenvalue weighted by Crippen LogP contribution is -2.49. The Hall–Kier alpha value is -1.67. The number of halogens is 2. The van der Waals surface area contributed by atoms with Crippen molar-refractivity contribution in [1.29, 1.82) is 0 Å². The summed E-state index contributed by atoms with van der Waals surface area (Å²) in [6.45, 7) is 0.961. The van der Waals surface area contributed by atoms with Crippen LogP contribution >= 0.6 is 23.2 Å². The first kappa shape index (κ1) is 20.6. The van der Waals surface area contributed by atoms with E-state index in [4.69, 9.17) is 23.2 Å². The van der Waals surface area contributed by atoms with E-state index in [2.05, 4.69) is 4.98 Å². The Kier molecular flexibility index (Phi) is 5.84. The smallest absolute Gasteiger partial charge is 0.254 e. The van der Waals surface area contributed by atoms with Gasteiger partial charge in [-0.3, -0.25) is 4.79 Å². The minimum atomic E-state index is -3.55. The van der Waals surface area contributed by atoms with Crippen LogP contribution in [0.15, 0.2) is 47.4 Å². The Labute approximate surface area is 180 Å². The summed E-state index contributed by atoms with van der Waals surface area (Å²) < 4.78 is 28.2. The highest BCUT2D eigenvalue weighted by atomic mass is 35.5. The summed E-state index contributed by atoms with van der Waals surface area (Å²) in [7, 11) is -3.55. The van der Waals surface area contributed by atoms with Gasteiger partial charge in [0, 0.05) is 30.7 Å². The van der Waals surface area contributed by atoms with E-state index < -0.39 is 10.0 Å². The number of amides is 1. The van der Waals surface area contributed by atoms with Crippen molar-refractivity contribution < 1.29 is 13.2 Å². The van der Waals surface area contributed by atoms with Gasteiger partial charge < -0.3 is 4.90 Å². The molecule has 0 atom stereocenters. The molecule has 2 aliphatic rings. The number of hydrogen-bond acceptors (Lipinski definition) is 4. The zero-order valence-corrected chi connectivity index (χ0v) is 18.0. The molecule has 2 fully saturated rings. The topological polar surface area (TPSA) is 70.6 Å². The average Bonchev–Trinajstić information content (AvgIpc) is 3.53. The van der Waals surface area contributed by atoms with Crippen LogP contribution in [0.2, 0.25) is 10.3 Å². The second-order valence-electron chi connectivity index (χ2n) is 7.40. The lowest BCUT2D eigenvalue weighted by Gasteiger charge is -2.38. The molecule has 2 heterocycles. The molecule has 1 saturated carbocycles. The van der Waals surface area contributed by atoms with E-state index >= 15 is 0 Å². The SMILES string of the molecule is O=C(c1cc(Cl)nc(Cl)c1)N1CCC(N(C2CC2)S(=O)(=O)c2ccccc2)CC1. The maximum Gasteiger partial charge on any atom is 0.254 e. The first-order valence-corrected chi connectivity index (χ1v) is 11.8. The van der Waals surface area contributed by atoms with E-state index in [1.807, 2.05) is 6.07 Å². The third kappa shape index (κ3) is 4.43. The molecule has 6 nitrogen and oxygen atoms in total. The van der Waals surface area contributed by atoms with Gasteiger partial charge in [-0.25, -0.2) is 13.4 Å². The predicted octanol–water partition coefficient (Wildman–Crippen LogP) is 3.85. The standard InChI is InChI=1S/C20H21Cl2N3O3S/c21-18-12-14(13-19(22)23-18)20(26)24-10-8-16(9-11-24)25(15-6-7-15)29(27,28)17-4-2-1-3-5-17/h1-5,12-13,15-16H,6-11H2. The molecule has 154 valence electrons. The molecule has 1 saturated heterocycles. The van der Waals surface area contributed by atoms with Gasteiger partial charge in [0.2, 0.25) is 10.0 Å². The summed E-state index contributed by atoms with van der Waals surface area (Å²) in [5, 5.41) is 0.342. The number of pyridine rings is 1. The maximum atomic E-state index is 13.2. The Morgan fingerprint density at radius 3 is 2.07 bits per heavy atom. The first-order valence-electron chi connectivity index (χ1n) is 9.57. The Bertz CT molecular complexity index is 985. The number of benzene rings is 1. The van der Waals surface area contributed by atoms with Gasteiger partial charge >= 0.3 is 0 Å². The van der Waals surface area contributed by atoms with Crippen LogP contribution < -0.4 is 0 Å². The van der Waals surface area contributed by atoms with Crippen LogP contribution in [0.1, 0.15) is 36.0 Å².